The number of amides is 1. The van der Waals surface area contributed by atoms with Crippen LogP contribution in [0.2, 0.25) is 0 Å². The fourth-order valence-corrected chi connectivity index (χ4v) is 4.56. The summed E-state index contributed by atoms with van der Waals surface area (Å²) in [5, 5.41) is 3.13. The van der Waals surface area contributed by atoms with Gasteiger partial charge in [0, 0.05) is 19.0 Å². The number of likely N-dealkylation sites (tertiary alicyclic amines) is 1. The SMILES string of the molecule is COc1cccc(CN2CCC3(CC2)C(=O)NCC3c2ccccc2)c1. The molecule has 1 spiro atoms. The molecular weight excluding hydrogens is 324 g/mol. The number of hydrogen-bond acceptors (Lipinski definition) is 3. The lowest BCUT2D eigenvalue weighted by Gasteiger charge is -2.41. The lowest BCUT2D eigenvalue weighted by atomic mass is 9.68. The van der Waals surface area contributed by atoms with Crippen molar-refractivity contribution in [3.63, 3.8) is 0 Å². The van der Waals surface area contributed by atoms with Crippen LogP contribution in [0.5, 0.6) is 5.75 Å². The average molecular weight is 350 g/mol. The van der Waals surface area contributed by atoms with Gasteiger partial charge in [0.25, 0.3) is 0 Å². The Hall–Kier alpha value is -2.33. The highest BCUT2D eigenvalue weighted by Crippen LogP contribution is 2.47. The van der Waals surface area contributed by atoms with Crippen LogP contribution in [0.25, 0.3) is 0 Å². The first kappa shape index (κ1) is 17.1. The molecule has 1 atom stereocenters. The average Bonchev–Trinajstić information content (AvgIpc) is 3.00. The van der Waals surface area contributed by atoms with Crippen molar-refractivity contribution in [2.75, 3.05) is 26.7 Å². The van der Waals surface area contributed by atoms with Crippen LogP contribution in [0.15, 0.2) is 54.6 Å². The second-order valence-electron chi connectivity index (χ2n) is 7.46. The molecule has 2 aliphatic heterocycles. The van der Waals surface area contributed by atoms with Crippen molar-refractivity contribution in [1.82, 2.24) is 10.2 Å². The summed E-state index contributed by atoms with van der Waals surface area (Å²) in [6.07, 6.45) is 1.84. The van der Waals surface area contributed by atoms with E-state index < -0.39 is 0 Å². The number of hydrogen-bond donors (Lipinski definition) is 1. The van der Waals surface area contributed by atoms with Gasteiger partial charge in [0.2, 0.25) is 5.91 Å². The van der Waals surface area contributed by atoms with Crippen molar-refractivity contribution in [3.05, 3.63) is 65.7 Å². The largest absolute Gasteiger partial charge is 0.497 e. The smallest absolute Gasteiger partial charge is 0.227 e. The molecule has 2 saturated heterocycles. The number of methoxy groups -OCH3 is 1. The van der Waals surface area contributed by atoms with Crippen molar-refractivity contribution in [2.45, 2.75) is 25.3 Å². The van der Waals surface area contributed by atoms with E-state index in [2.05, 4.69) is 46.6 Å². The Bertz CT molecular complexity index is 767. The summed E-state index contributed by atoms with van der Waals surface area (Å²) in [5.74, 6) is 1.43. The lowest BCUT2D eigenvalue weighted by molar-refractivity contribution is -0.130. The van der Waals surface area contributed by atoms with E-state index in [1.807, 2.05) is 18.2 Å². The zero-order chi connectivity index (χ0) is 18.0. The van der Waals surface area contributed by atoms with Crippen molar-refractivity contribution in [1.29, 1.82) is 0 Å². The third-order valence-corrected chi connectivity index (χ3v) is 6.08. The Kier molecular flexibility index (Phi) is 4.68. The Morgan fingerprint density at radius 2 is 1.88 bits per heavy atom. The van der Waals surface area contributed by atoms with Gasteiger partial charge < -0.3 is 10.1 Å². The zero-order valence-corrected chi connectivity index (χ0v) is 15.3. The normalized spacial score (nSPS) is 22.3. The van der Waals surface area contributed by atoms with E-state index in [9.17, 15) is 4.79 Å². The Balaban J connectivity index is 1.46. The second-order valence-corrected chi connectivity index (χ2v) is 7.46. The van der Waals surface area contributed by atoms with Gasteiger partial charge in [0.05, 0.1) is 12.5 Å². The van der Waals surface area contributed by atoms with Crippen molar-refractivity contribution in [2.24, 2.45) is 5.41 Å². The van der Waals surface area contributed by atoms with E-state index >= 15 is 0 Å². The maximum Gasteiger partial charge on any atom is 0.227 e. The monoisotopic (exact) mass is 350 g/mol. The van der Waals surface area contributed by atoms with Crippen LogP contribution in [0.4, 0.5) is 0 Å². The van der Waals surface area contributed by atoms with E-state index in [0.717, 1.165) is 44.8 Å². The van der Waals surface area contributed by atoms with E-state index in [-0.39, 0.29) is 17.2 Å². The molecule has 1 amide bonds. The maximum absolute atomic E-state index is 12.7. The summed E-state index contributed by atoms with van der Waals surface area (Å²) in [6, 6.07) is 18.8. The molecule has 4 nitrogen and oxygen atoms in total. The van der Waals surface area contributed by atoms with Gasteiger partial charge in [-0.3, -0.25) is 9.69 Å². The summed E-state index contributed by atoms with van der Waals surface area (Å²) in [5.41, 5.74) is 2.30. The van der Waals surface area contributed by atoms with Gasteiger partial charge in [0.1, 0.15) is 5.75 Å². The minimum Gasteiger partial charge on any atom is -0.497 e. The molecular formula is C22H26N2O2. The number of nitrogens with one attached hydrogen (secondary N) is 1. The molecule has 0 aromatic heterocycles. The molecule has 136 valence electrons. The van der Waals surface area contributed by atoms with E-state index in [1.165, 1.54) is 11.1 Å². The third-order valence-electron chi connectivity index (χ3n) is 6.08. The van der Waals surface area contributed by atoms with E-state index in [4.69, 9.17) is 4.74 Å². The highest BCUT2D eigenvalue weighted by molar-refractivity contribution is 5.86. The van der Waals surface area contributed by atoms with Gasteiger partial charge in [0.15, 0.2) is 0 Å². The number of ether oxygens (including phenoxy) is 1. The van der Waals surface area contributed by atoms with Crippen molar-refractivity contribution < 1.29 is 9.53 Å². The topological polar surface area (TPSA) is 41.6 Å². The number of rotatable bonds is 4. The van der Waals surface area contributed by atoms with Crippen LogP contribution in [0, 0.1) is 5.41 Å². The third kappa shape index (κ3) is 3.10. The van der Waals surface area contributed by atoms with Crippen molar-refractivity contribution in [3.8, 4) is 5.75 Å². The summed E-state index contributed by atoms with van der Waals surface area (Å²) in [4.78, 5) is 15.2. The molecule has 1 N–H and O–H groups in total. The molecule has 2 heterocycles. The first-order chi connectivity index (χ1) is 12.7. The molecule has 0 aliphatic carbocycles. The number of benzene rings is 2. The highest BCUT2D eigenvalue weighted by atomic mass is 16.5. The minimum absolute atomic E-state index is 0.243. The number of carbonyl (C=O) groups is 1. The van der Waals surface area contributed by atoms with E-state index in [1.54, 1.807) is 7.11 Å². The fraction of sp³-hybridized carbons (Fsp3) is 0.409. The van der Waals surface area contributed by atoms with Crippen molar-refractivity contribution >= 4 is 5.91 Å². The fourth-order valence-electron chi connectivity index (χ4n) is 4.56. The van der Waals surface area contributed by atoms with Gasteiger partial charge in [-0.1, -0.05) is 42.5 Å². The van der Waals surface area contributed by atoms with E-state index in [0.29, 0.717) is 0 Å². The molecule has 2 aromatic carbocycles. The molecule has 2 fully saturated rings. The molecule has 4 rings (SSSR count). The number of carbonyl (C=O) groups excluding carboxylic acids is 1. The summed E-state index contributed by atoms with van der Waals surface area (Å²) < 4.78 is 5.33. The molecule has 26 heavy (non-hydrogen) atoms. The number of piperidine rings is 1. The van der Waals surface area contributed by atoms with Crippen LogP contribution in [-0.4, -0.2) is 37.6 Å². The summed E-state index contributed by atoms with van der Waals surface area (Å²) in [6.45, 7) is 3.57. The number of nitrogens with zero attached hydrogens (tertiary/aromatic N) is 1. The standard InChI is InChI=1S/C22H26N2O2/c1-26-19-9-5-6-17(14-19)16-24-12-10-22(11-13-24)20(15-23-21(22)25)18-7-3-2-4-8-18/h2-9,14,20H,10-13,15-16H2,1H3,(H,23,25). The van der Waals surface area contributed by atoms with Crippen LogP contribution >= 0.6 is 0 Å². The van der Waals surface area contributed by atoms with Gasteiger partial charge in [-0.2, -0.15) is 0 Å². The molecule has 2 aliphatic rings. The molecule has 0 bridgehead atoms. The maximum atomic E-state index is 12.7. The molecule has 4 heteroatoms. The molecule has 0 radical (unpaired) electrons. The molecule has 2 aromatic rings. The predicted octanol–water partition coefficient (Wildman–Crippen LogP) is 3.19. The molecule has 0 saturated carbocycles. The van der Waals surface area contributed by atoms with Crippen LogP contribution in [0.3, 0.4) is 0 Å². The lowest BCUT2D eigenvalue weighted by Crippen LogP contribution is -2.45. The summed E-state index contributed by atoms with van der Waals surface area (Å²) in [7, 11) is 1.70. The van der Waals surface area contributed by atoms with Gasteiger partial charge >= 0.3 is 0 Å². The molecule has 1 unspecified atom stereocenters. The Morgan fingerprint density at radius 3 is 2.62 bits per heavy atom. The predicted molar refractivity (Wildman–Crippen MR) is 102 cm³/mol. The van der Waals surface area contributed by atoms with Crippen LogP contribution in [-0.2, 0) is 11.3 Å². The van der Waals surface area contributed by atoms with Crippen LogP contribution < -0.4 is 10.1 Å². The van der Waals surface area contributed by atoms with Gasteiger partial charge in [-0.05, 0) is 49.2 Å². The Labute approximate surface area is 155 Å². The first-order valence-corrected chi connectivity index (χ1v) is 9.40. The van der Waals surface area contributed by atoms with Gasteiger partial charge in [-0.15, -0.1) is 0 Å². The first-order valence-electron chi connectivity index (χ1n) is 9.40. The second kappa shape index (κ2) is 7.12. The van der Waals surface area contributed by atoms with Gasteiger partial charge in [-0.25, -0.2) is 0 Å². The van der Waals surface area contributed by atoms with Crippen LogP contribution in [0.1, 0.15) is 29.9 Å². The highest BCUT2D eigenvalue weighted by Gasteiger charge is 2.51. The summed E-state index contributed by atoms with van der Waals surface area (Å²) >= 11 is 0. The quantitative estimate of drug-likeness (QED) is 0.921. The zero-order valence-electron chi connectivity index (χ0n) is 15.3. The minimum atomic E-state index is -0.244. The Morgan fingerprint density at radius 1 is 1.12 bits per heavy atom.